The maximum Gasteiger partial charge on any atom is 0.262 e. The van der Waals surface area contributed by atoms with Gasteiger partial charge >= 0.3 is 0 Å². The second-order valence-corrected chi connectivity index (χ2v) is 10.1. The molecule has 0 amide bonds. The number of halogens is 2. The summed E-state index contributed by atoms with van der Waals surface area (Å²) >= 11 is 12.0. The average molecular weight is 455 g/mol. The van der Waals surface area contributed by atoms with Gasteiger partial charge in [-0.3, -0.25) is 4.72 Å². The Balaban J connectivity index is 1.67. The van der Waals surface area contributed by atoms with Crippen LogP contribution in [0.4, 0.5) is 5.69 Å². The third-order valence-electron chi connectivity index (χ3n) is 5.85. The molecule has 8 heteroatoms. The predicted molar refractivity (Wildman–Crippen MR) is 117 cm³/mol. The van der Waals surface area contributed by atoms with Gasteiger partial charge in [0.1, 0.15) is 5.75 Å². The van der Waals surface area contributed by atoms with Gasteiger partial charge in [-0.2, -0.15) is 0 Å². The summed E-state index contributed by atoms with van der Waals surface area (Å²) in [4.78, 5) is 2.83. The highest BCUT2D eigenvalue weighted by Crippen LogP contribution is 2.37. The van der Waals surface area contributed by atoms with Crippen molar-refractivity contribution in [1.29, 1.82) is 0 Å². The molecule has 1 unspecified atom stereocenters. The summed E-state index contributed by atoms with van der Waals surface area (Å²) in [7, 11) is -2.13. The topological polar surface area (TPSA) is 58.6 Å². The maximum absolute atomic E-state index is 13.2. The van der Waals surface area contributed by atoms with Crippen molar-refractivity contribution in [1.82, 2.24) is 4.90 Å². The summed E-state index contributed by atoms with van der Waals surface area (Å²) in [5, 5.41) is 0.682. The summed E-state index contributed by atoms with van der Waals surface area (Å²) in [5.74, 6) is 0.761. The van der Waals surface area contributed by atoms with Crippen LogP contribution in [0.15, 0.2) is 35.2 Å². The van der Waals surface area contributed by atoms with Gasteiger partial charge in [-0.1, -0.05) is 23.2 Å². The molecule has 156 valence electrons. The number of fused-ring (bicyclic) bond motifs is 1. The van der Waals surface area contributed by atoms with Crippen LogP contribution in [0.5, 0.6) is 5.75 Å². The smallest absolute Gasteiger partial charge is 0.262 e. The number of hydrogen-bond donors (Lipinski definition) is 1. The van der Waals surface area contributed by atoms with Crippen LogP contribution in [0.2, 0.25) is 10.0 Å². The molecule has 2 aromatic rings. The second kappa shape index (κ2) is 8.34. The standard InChI is InChI=1S/C21H24Cl2N2O3S/c1-28-20-8-9-21(29(26,27)24-14-4-7-18(22)19(23)12-14)16-6-5-15(13-17(16)20)25-10-2-3-11-25/h4,7-9,12,15,24H,2-3,5-6,10-11,13H2,1H3. The molecule has 1 aliphatic carbocycles. The third-order valence-corrected chi connectivity index (χ3v) is 8.06. The molecular formula is C21H24Cl2N2O3S. The van der Waals surface area contributed by atoms with E-state index in [4.69, 9.17) is 27.9 Å². The Hall–Kier alpha value is -1.47. The van der Waals surface area contributed by atoms with Crippen LogP contribution in [0, 0.1) is 0 Å². The maximum atomic E-state index is 13.2. The van der Waals surface area contributed by atoms with Crippen molar-refractivity contribution in [2.45, 2.75) is 43.0 Å². The van der Waals surface area contributed by atoms with Gasteiger partial charge in [0, 0.05) is 11.6 Å². The van der Waals surface area contributed by atoms with Gasteiger partial charge in [0.15, 0.2) is 0 Å². The van der Waals surface area contributed by atoms with Gasteiger partial charge in [0.05, 0.1) is 27.7 Å². The fourth-order valence-electron chi connectivity index (χ4n) is 4.43. The number of methoxy groups -OCH3 is 1. The van der Waals surface area contributed by atoms with E-state index in [1.54, 1.807) is 31.4 Å². The molecule has 5 nitrogen and oxygen atoms in total. The summed E-state index contributed by atoms with van der Waals surface area (Å²) < 4.78 is 34.5. The monoisotopic (exact) mass is 454 g/mol. The van der Waals surface area contributed by atoms with Crippen molar-refractivity contribution in [3.63, 3.8) is 0 Å². The van der Waals surface area contributed by atoms with Crippen molar-refractivity contribution in [2.24, 2.45) is 0 Å². The Labute approximate surface area is 182 Å². The number of benzene rings is 2. The minimum absolute atomic E-state index is 0.303. The number of ether oxygens (including phenoxy) is 1. The van der Waals surface area contributed by atoms with Crippen LogP contribution in [-0.4, -0.2) is 39.6 Å². The quantitative estimate of drug-likeness (QED) is 0.707. The molecule has 1 N–H and O–H groups in total. The first kappa shape index (κ1) is 20.8. The van der Waals surface area contributed by atoms with Crippen LogP contribution < -0.4 is 9.46 Å². The Morgan fingerprint density at radius 3 is 2.52 bits per heavy atom. The lowest BCUT2D eigenvalue weighted by atomic mass is 9.87. The molecule has 1 saturated heterocycles. The molecular weight excluding hydrogens is 431 g/mol. The molecule has 1 atom stereocenters. The van der Waals surface area contributed by atoms with Gasteiger partial charge in [-0.15, -0.1) is 0 Å². The van der Waals surface area contributed by atoms with Gasteiger partial charge in [-0.05, 0) is 81.1 Å². The molecule has 0 aromatic heterocycles. The molecule has 0 saturated carbocycles. The molecule has 4 rings (SSSR count). The number of sulfonamides is 1. The number of rotatable bonds is 5. The number of likely N-dealkylation sites (tertiary alicyclic amines) is 1. The van der Waals surface area contributed by atoms with E-state index in [0.29, 0.717) is 33.1 Å². The Kier molecular flexibility index (Phi) is 5.98. The van der Waals surface area contributed by atoms with Gasteiger partial charge in [0.2, 0.25) is 0 Å². The number of anilines is 1. The third kappa shape index (κ3) is 4.22. The Morgan fingerprint density at radius 2 is 1.83 bits per heavy atom. The van der Waals surface area contributed by atoms with Crippen LogP contribution in [0.3, 0.4) is 0 Å². The van der Waals surface area contributed by atoms with E-state index >= 15 is 0 Å². The Morgan fingerprint density at radius 1 is 1.07 bits per heavy atom. The second-order valence-electron chi connectivity index (χ2n) is 7.60. The molecule has 1 fully saturated rings. The van der Waals surface area contributed by atoms with E-state index in [-0.39, 0.29) is 0 Å². The first-order valence-electron chi connectivity index (χ1n) is 9.79. The van der Waals surface area contributed by atoms with Crippen molar-refractivity contribution < 1.29 is 13.2 Å². The highest BCUT2D eigenvalue weighted by atomic mass is 35.5. The van der Waals surface area contributed by atoms with Crippen molar-refractivity contribution in [3.8, 4) is 5.75 Å². The van der Waals surface area contributed by atoms with Crippen molar-refractivity contribution >= 4 is 38.9 Å². The molecule has 1 aliphatic heterocycles. The summed E-state index contributed by atoms with van der Waals surface area (Å²) in [6, 6.07) is 8.53. The summed E-state index contributed by atoms with van der Waals surface area (Å²) in [6.45, 7) is 2.25. The molecule has 2 aromatic carbocycles. The lowest BCUT2D eigenvalue weighted by molar-refractivity contribution is 0.219. The molecule has 1 heterocycles. The SMILES string of the molecule is COc1ccc(S(=O)(=O)Nc2ccc(Cl)c(Cl)c2)c2c1CC(N1CCCC1)CC2. The van der Waals surface area contributed by atoms with E-state index in [0.717, 1.165) is 42.8 Å². The first-order valence-corrected chi connectivity index (χ1v) is 12.0. The molecule has 0 spiro atoms. The van der Waals surface area contributed by atoms with Gasteiger partial charge in [0.25, 0.3) is 10.0 Å². The lowest BCUT2D eigenvalue weighted by Gasteiger charge is -2.33. The number of nitrogens with one attached hydrogen (secondary N) is 1. The van der Waals surface area contributed by atoms with Gasteiger partial charge in [-0.25, -0.2) is 8.42 Å². The fourth-order valence-corrected chi connectivity index (χ4v) is 6.07. The zero-order valence-corrected chi connectivity index (χ0v) is 18.6. The fraction of sp³-hybridized carbons (Fsp3) is 0.429. The van der Waals surface area contributed by atoms with Crippen LogP contribution in [0.1, 0.15) is 30.4 Å². The zero-order chi connectivity index (χ0) is 20.6. The minimum atomic E-state index is -3.77. The molecule has 0 bridgehead atoms. The zero-order valence-electron chi connectivity index (χ0n) is 16.2. The van der Waals surface area contributed by atoms with Crippen LogP contribution in [-0.2, 0) is 22.9 Å². The highest BCUT2D eigenvalue weighted by Gasteiger charge is 2.32. The minimum Gasteiger partial charge on any atom is -0.496 e. The van der Waals surface area contributed by atoms with Crippen molar-refractivity contribution in [3.05, 3.63) is 51.5 Å². The largest absolute Gasteiger partial charge is 0.496 e. The summed E-state index contributed by atoms with van der Waals surface area (Å²) in [6.07, 6.45) is 4.96. The molecule has 0 radical (unpaired) electrons. The van der Waals surface area contributed by atoms with Crippen molar-refractivity contribution in [2.75, 3.05) is 24.9 Å². The van der Waals surface area contributed by atoms with E-state index in [1.807, 2.05) is 0 Å². The average Bonchev–Trinajstić information content (AvgIpc) is 3.24. The van der Waals surface area contributed by atoms with Crippen LogP contribution in [0.25, 0.3) is 0 Å². The van der Waals surface area contributed by atoms with E-state index in [1.165, 1.54) is 18.9 Å². The molecule has 2 aliphatic rings. The summed E-state index contributed by atoms with van der Waals surface area (Å²) in [5.41, 5.74) is 2.25. The predicted octanol–water partition coefficient (Wildman–Crippen LogP) is 4.76. The van der Waals surface area contributed by atoms with Gasteiger partial charge < -0.3 is 9.64 Å². The lowest BCUT2D eigenvalue weighted by Crippen LogP contribution is -2.37. The normalized spacial score (nSPS) is 19.8. The number of nitrogens with zero attached hydrogens (tertiary/aromatic N) is 1. The first-order chi connectivity index (χ1) is 13.9. The van der Waals surface area contributed by atoms with E-state index < -0.39 is 10.0 Å². The highest BCUT2D eigenvalue weighted by molar-refractivity contribution is 7.92. The molecule has 29 heavy (non-hydrogen) atoms. The van der Waals surface area contributed by atoms with E-state index in [9.17, 15) is 8.42 Å². The van der Waals surface area contributed by atoms with E-state index in [2.05, 4.69) is 9.62 Å². The Bertz CT molecular complexity index is 1020. The van der Waals surface area contributed by atoms with Crippen LogP contribution >= 0.6 is 23.2 Å². The number of hydrogen-bond acceptors (Lipinski definition) is 4.